The third-order valence-corrected chi connectivity index (χ3v) is 8.66. The topological polar surface area (TPSA) is 84.6 Å². The Labute approximate surface area is 281 Å². The van der Waals surface area contributed by atoms with E-state index in [-0.39, 0.29) is 23.6 Å². The van der Waals surface area contributed by atoms with Crippen LogP contribution < -0.4 is 15.0 Å². The van der Waals surface area contributed by atoms with E-state index in [0.717, 1.165) is 41.6 Å². The molecule has 246 valence electrons. The Bertz CT molecular complexity index is 1750. The van der Waals surface area contributed by atoms with Gasteiger partial charge in [-0.25, -0.2) is 9.67 Å². The number of aryl methyl sites for hydroxylation is 2. The Hall–Kier alpha value is -4.23. The highest BCUT2D eigenvalue weighted by molar-refractivity contribution is 8.15. The van der Waals surface area contributed by atoms with E-state index in [1.807, 2.05) is 37.3 Å². The summed E-state index contributed by atoms with van der Waals surface area (Å²) in [6.45, 7) is 8.31. The standard InChI is InChI=1S/C34H35F3N6O2S2/c1-21(2)28-17-8-22(3)18-29(28)43-30(44)19-47-33(43)40-32(46)39-23(4)6-5-7-24-9-11-25(12-10-24)31-38-20-42(41-31)26-13-15-27(16-14-26)45-34(35,36)37/h8-18,20-21,23H,5-7,19H2,1-4H3,(H,39,46). The van der Waals surface area contributed by atoms with Crippen molar-refractivity contribution in [2.24, 2.45) is 4.99 Å². The lowest BCUT2D eigenvalue weighted by Gasteiger charge is -2.22. The van der Waals surface area contributed by atoms with Crippen molar-refractivity contribution in [1.29, 1.82) is 0 Å². The molecule has 1 aromatic heterocycles. The Balaban J connectivity index is 1.12. The van der Waals surface area contributed by atoms with Gasteiger partial charge in [-0.1, -0.05) is 62.0 Å². The monoisotopic (exact) mass is 680 g/mol. The zero-order valence-corrected chi connectivity index (χ0v) is 28.0. The zero-order chi connectivity index (χ0) is 33.7. The van der Waals surface area contributed by atoms with E-state index >= 15 is 0 Å². The van der Waals surface area contributed by atoms with Crippen LogP contribution in [0, 0.1) is 6.92 Å². The molecule has 1 amide bonds. The number of nitrogens with zero attached hydrogens (tertiary/aromatic N) is 5. The van der Waals surface area contributed by atoms with Crippen molar-refractivity contribution in [2.75, 3.05) is 10.7 Å². The second-order valence-corrected chi connectivity index (χ2v) is 13.0. The largest absolute Gasteiger partial charge is 0.573 e. The van der Waals surface area contributed by atoms with Crippen molar-refractivity contribution in [3.05, 3.63) is 89.7 Å². The first-order valence-electron chi connectivity index (χ1n) is 15.2. The summed E-state index contributed by atoms with van der Waals surface area (Å²) in [7, 11) is 0. The molecule has 5 rings (SSSR count). The van der Waals surface area contributed by atoms with Gasteiger partial charge >= 0.3 is 6.36 Å². The summed E-state index contributed by atoms with van der Waals surface area (Å²) in [4.78, 5) is 23.6. The molecule has 0 saturated carbocycles. The van der Waals surface area contributed by atoms with Gasteiger partial charge < -0.3 is 10.1 Å². The third kappa shape index (κ3) is 8.98. The summed E-state index contributed by atoms with van der Waals surface area (Å²) in [6.07, 6.45) is -0.567. The summed E-state index contributed by atoms with van der Waals surface area (Å²) in [5, 5.41) is 8.73. The van der Waals surface area contributed by atoms with E-state index in [1.54, 1.807) is 4.90 Å². The maximum atomic E-state index is 12.9. The highest BCUT2D eigenvalue weighted by Gasteiger charge is 2.32. The van der Waals surface area contributed by atoms with Gasteiger partial charge in [0.2, 0.25) is 5.91 Å². The van der Waals surface area contributed by atoms with Crippen LogP contribution in [0.15, 0.2) is 78.0 Å². The Morgan fingerprint density at radius 3 is 2.49 bits per heavy atom. The number of rotatable bonds is 10. The molecule has 1 saturated heterocycles. The number of hydrogen-bond acceptors (Lipinski definition) is 6. The summed E-state index contributed by atoms with van der Waals surface area (Å²) >= 11 is 6.97. The molecule has 47 heavy (non-hydrogen) atoms. The molecule has 3 aromatic carbocycles. The Morgan fingerprint density at radius 1 is 1.09 bits per heavy atom. The van der Waals surface area contributed by atoms with Gasteiger partial charge in [0.15, 0.2) is 16.1 Å². The SMILES string of the molecule is Cc1ccc(C(C)C)c(N2C(=O)CSC2=NC(=S)NC(C)CCCc2ccc(-c3ncn(-c4ccc(OC(F)(F)F)cc4)n3)cc2)c1. The van der Waals surface area contributed by atoms with Crippen LogP contribution in [0.1, 0.15) is 56.2 Å². The number of thioether (sulfide) groups is 1. The number of nitrogens with one attached hydrogen (secondary N) is 1. The first kappa shape index (κ1) is 34.1. The van der Waals surface area contributed by atoms with Crippen molar-refractivity contribution in [3.63, 3.8) is 0 Å². The first-order chi connectivity index (χ1) is 22.4. The van der Waals surface area contributed by atoms with Crippen molar-refractivity contribution in [1.82, 2.24) is 20.1 Å². The van der Waals surface area contributed by atoms with E-state index in [1.165, 1.54) is 52.6 Å². The van der Waals surface area contributed by atoms with Crippen molar-refractivity contribution in [3.8, 4) is 22.8 Å². The van der Waals surface area contributed by atoms with Gasteiger partial charge in [-0.05, 0) is 98.3 Å². The van der Waals surface area contributed by atoms with Gasteiger partial charge in [0, 0.05) is 11.6 Å². The minimum Gasteiger partial charge on any atom is -0.406 e. The summed E-state index contributed by atoms with van der Waals surface area (Å²) in [5.74, 6) is 0.790. The van der Waals surface area contributed by atoms with E-state index in [2.05, 4.69) is 58.0 Å². The van der Waals surface area contributed by atoms with E-state index in [4.69, 9.17) is 12.2 Å². The lowest BCUT2D eigenvalue weighted by Crippen LogP contribution is -2.34. The summed E-state index contributed by atoms with van der Waals surface area (Å²) < 4.78 is 42.7. The average Bonchev–Trinajstić information content (AvgIpc) is 3.64. The van der Waals surface area contributed by atoms with Crippen LogP contribution >= 0.6 is 24.0 Å². The molecular formula is C34H35F3N6O2S2. The van der Waals surface area contributed by atoms with Crippen molar-refractivity contribution in [2.45, 2.75) is 65.3 Å². The predicted molar refractivity (Wildman–Crippen MR) is 184 cm³/mol. The quantitative estimate of drug-likeness (QED) is 0.170. The third-order valence-electron chi connectivity index (χ3n) is 7.52. The molecule has 13 heteroatoms. The molecule has 4 aromatic rings. The van der Waals surface area contributed by atoms with Crippen molar-refractivity contribution >= 4 is 45.9 Å². The number of alkyl halides is 3. The smallest absolute Gasteiger partial charge is 0.406 e. The van der Waals surface area contributed by atoms with Gasteiger partial charge in [0.25, 0.3) is 0 Å². The van der Waals surface area contributed by atoms with Crippen LogP contribution in [0.4, 0.5) is 18.9 Å². The van der Waals surface area contributed by atoms with Gasteiger partial charge in [0.05, 0.1) is 17.1 Å². The predicted octanol–water partition coefficient (Wildman–Crippen LogP) is 7.99. The number of carbonyl (C=O) groups is 1. The Kier molecular flexibility index (Phi) is 10.7. The van der Waals surface area contributed by atoms with Crippen molar-refractivity contribution < 1.29 is 22.7 Å². The van der Waals surface area contributed by atoms with Gasteiger partial charge in [0.1, 0.15) is 12.1 Å². The molecule has 1 atom stereocenters. The number of halogens is 3. The second kappa shape index (κ2) is 14.7. The fourth-order valence-electron chi connectivity index (χ4n) is 5.17. The first-order valence-corrected chi connectivity index (χ1v) is 16.6. The van der Waals surface area contributed by atoms with Gasteiger partial charge in [-0.2, -0.15) is 4.99 Å². The van der Waals surface area contributed by atoms with Gasteiger partial charge in [-0.15, -0.1) is 18.3 Å². The molecule has 0 spiro atoms. The molecule has 1 N–H and O–H groups in total. The number of aliphatic imine (C=N–C) groups is 1. The maximum Gasteiger partial charge on any atom is 0.573 e. The lowest BCUT2D eigenvalue weighted by molar-refractivity contribution is -0.274. The van der Waals surface area contributed by atoms with Crippen LogP contribution in [0.5, 0.6) is 5.75 Å². The lowest BCUT2D eigenvalue weighted by atomic mass is 9.99. The van der Waals surface area contributed by atoms with Crippen LogP contribution in [0.2, 0.25) is 0 Å². The van der Waals surface area contributed by atoms with Crippen LogP contribution in [0.3, 0.4) is 0 Å². The van der Waals surface area contributed by atoms with E-state index in [0.29, 0.717) is 27.5 Å². The molecule has 2 heterocycles. The van der Waals surface area contributed by atoms with E-state index < -0.39 is 6.36 Å². The molecule has 8 nitrogen and oxygen atoms in total. The summed E-state index contributed by atoms with van der Waals surface area (Å²) in [5.41, 5.74) is 5.59. The minimum absolute atomic E-state index is 0.000366. The molecule has 1 unspecified atom stereocenters. The van der Waals surface area contributed by atoms with Gasteiger partial charge in [-0.3, -0.25) is 9.69 Å². The number of thiocarbonyl (C=S) groups is 1. The Morgan fingerprint density at radius 2 is 1.81 bits per heavy atom. The molecule has 0 aliphatic carbocycles. The summed E-state index contributed by atoms with van der Waals surface area (Å²) in [6, 6.07) is 19.7. The number of benzene rings is 3. The normalized spacial score (nSPS) is 15.0. The molecule has 0 bridgehead atoms. The number of anilines is 1. The number of hydrogen-bond donors (Lipinski definition) is 1. The number of amidine groups is 1. The number of amides is 1. The van der Waals surface area contributed by atoms with Crippen LogP contribution in [0.25, 0.3) is 17.1 Å². The van der Waals surface area contributed by atoms with Crippen LogP contribution in [-0.4, -0.2) is 49.1 Å². The number of carbonyl (C=O) groups excluding carboxylic acids is 1. The highest BCUT2D eigenvalue weighted by Crippen LogP contribution is 2.34. The minimum atomic E-state index is -4.74. The average molecular weight is 681 g/mol. The molecule has 1 aliphatic rings. The maximum absolute atomic E-state index is 12.9. The number of ether oxygens (including phenoxy) is 1. The van der Waals surface area contributed by atoms with E-state index in [9.17, 15) is 18.0 Å². The fraction of sp³-hybridized carbons (Fsp3) is 0.324. The van der Waals surface area contributed by atoms with Crippen LogP contribution in [-0.2, 0) is 11.2 Å². The number of aromatic nitrogens is 3. The highest BCUT2D eigenvalue weighted by atomic mass is 32.2. The molecular weight excluding hydrogens is 646 g/mol. The molecule has 1 aliphatic heterocycles. The fourth-order valence-corrected chi connectivity index (χ4v) is 6.38. The molecule has 0 radical (unpaired) electrons. The zero-order valence-electron chi connectivity index (χ0n) is 26.4. The molecule has 1 fully saturated rings. The second-order valence-electron chi connectivity index (χ2n) is 11.6.